The number of aryl methyl sites for hydroxylation is 1. The van der Waals surface area contributed by atoms with Gasteiger partial charge in [-0.15, -0.1) is 11.3 Å². The molecule has 0 spiro atoms. The van der Waals surface area contributed by atoms with E-state index in [2.05, 4.69) is 10.1 Å². The fourth-order valence-electron chi connectivity index (χ4n) is 2.99. The zero-order valence-electron chi connectivity index (χ0n) is 15.0. The molecule has 138 valence electrons. The van der Waals surface area contributed by atoms with Gasteiger partial charge in [-0.2, -0.15) is 9.78 Å². The topological polar surface area (TPSA) is 47.2 Å². The van der Waals surface area contributed by atoms with Crippen LogP contribution in [0.25, 0.3) is 27.4 Å². The van der Waals surface area contributed by atoms with Crippen LogP contribution in [0.2, 0.25) is 0 Å². The number of halogens is 1. The maximum atomic E-state index is 13.1. The normalized spacial score (nSPS) is 12.1. The molecule has 0 bridgehead atoms. The fourth-order valence-corrected chi connectivity index (χ4v) is 4.16. The summed E-state index contributed by atoms with van der Waals surface area (Å²) in [5.74, 6) is 0. The molecule has 0 unspecified atom stereocenters. The maximum absolute atomic E-state index is 13.1. The van der Waals surface area contributed by atoms with Crippen molar-refractivity contribution in [3.05, 3.63) is 92.8 Å². The lowest BCUT2D eigenvalue weighted by Gasteiger charge is -2.02. The highest BCUT2D eigenvalue weighted by atomic mass is 35.5. The molecule has 0 aliphatic heterocycles. The van der Waals surface area contributed by atoms with Crippen LogP contribution in [0.5, 0.6) is 0 Å². The van der Waals surface area contributed by atoms with Crippen LogP contribution in [0.1, 0.15) is 10.4 Å². The molecule has 0 atom stereocenters. The molecule has 0 saturated heterocycles. The standard InChI is InChI=1S/C22H16ClN3OS/c1-15-19(17-10-6-3-7-11-17)20-21(28-15)24-14-26(22(20)27)25-13-18(23)12-16-8-4-2-5-9-16/h2-14H,1H3/b18-12-,25-13-. The molecule has 2 heterocycles. The van der Waals surface area contributed by atoms with Crippen LogP contribution in [0.3, 0.4) is 0 Å². The van der Waals surface area contributed by atoms with Gasteiger partial charge in [0.1, 0.15) is 11.2 Å². The summed E-state index contributed by atoms with van der Waals surface area (Å²) >= 11 is 7.75. The molecular weight excluding hydrogens is 390 g/mol. The van der Waals surface area contributed by atoms with E-state index < -0.39 is 0 Å². The lowest BCUT2D eigenvalue weighted by Crippen LogP contribution is -2.16. The van der Waals surface area contributed by atoms with E-state index in [-0.39, 0.29) is 5.56 Å². The third kappa shape index (κ3) is 3.67. The fraction of sp³-hybridized carbons (Fsp3) is 0.0455. The van der Waals surface area contributed by atoms with E-state index in [1.165, 1.54) is 28.6 Å². The number of hydrogen-bond acceptors (Lipinski definition) is 4. The molecule has 2 aromatic carbocycles. The summed E-state index contributed by atoms with van der Waals surface area (Å²) in [4.78, 5) is 19.2. The summed E-state index contributed by atoms with van der Waals surface area (Å²) in [5.41, 5.74) is 2.65. The summed E-state index contributed by atoms with van der Waals surface area (Å²) < 4.78 is 1.22. The number of nitrogens with zero attached hydrogens (tertiary/aromatic N) is 3. The second-order valence-electron chi connectivity index (χ2n) is 6.16. The van der Waals surface area contributed by atoms with Crippen molar-refractivity contribution in [1.82, 2.24) is 9.66 Å². The Morgan fingerprint density at radius 3 is 2.50 bits per heavy atom. The van der Waals surface area contributed by atoms with Gasteiger partial charge in [-0.3, -0.25) is 4.79 Å². The van der Waals surface area contributed by atoms with E-state index in [4.69, 9.17) is 11.6 Å². The van der Waals surface area contributed by atoms with Crippen molar-refractivity contribution in [2.45, 2.75) is 6.92 Å². The van der Waals surface area contributed by atoms with Crippen molar-refractivity contribution in [3.63, 3.8) is 0 Å². The van der Waals surface area contributed by atoms with Crippen LogP contribution in [-0.2, 0) is 0 Å². The molecular formula is C22H16ClN3OS. The smallest absolute Gasteiger partial charge is 0.267 e. The minimum atomic E-state index is -0.214. The Kier molecular flexibility index (Phi) is 5.19. The second kappa shape index (κ2) is 7.92. The first-order valence-corrected chi connectivity index (χ1v) is 9.86. The molecule has 4 rings (SSSR count). The molecule has 6 heteroatoms. The molecule has 0 amide bonds. The van der Waals surface area contributed by atoms with Gasteiger partial charge in [0.15, 0.2) is 0 Å². The molecule has 0 aliphatic rings. The zero-order valence-corrected chi connectivity index (χ0v) is 16.6. The summed E-state index contributed by atoms with van der Waals surface area (Å²) in [6.45, 7) is 2.00. The van der Waals surface area contributed by atoms with Crippen LogP contribution in [0.15, 0.2) is 81.9 Å². The number of allylic oxidation sites excluding steroid dienone is 1. The first-order valence-electron chi connectivity index (χ1n) is 8.66. The summed E-state index contributed by atoms with van der Waals surface area (Å²) in [6.07, 6.45) is 4.66. The van der Waals surface area contributed by atoms with Gasteiger partial charge in [0.05, 0.1) is 16.6 Å². The zero-order chi connectivity index (χ0) is 19.5. The minimum Gasteiger partial charge on any atom is -0.267 e. The highest BCUT2D eigenvalue weighted by Gasteiger charge is 2.16. The van der Waals surface area contributed by atoms with Crippen molar-refractivity contribution in [1.29, 1.82) is 0 Å². The van der Waals surface area contributed by atoms with Crippen LogP contribution >= 0.6 is 22.9 Å². The first-order chi connectivity index (χ1) is 13.6. The summed E-state index contributed by atoms with van der Waals surface area (Å²) in [6, 6.07) is 19.5. The Hall–Kier alpha value is -3.02. The largest absolute Gasteiger partial charge is 0.283 e. The Morgan fingerprint density at radius 2 is 1.79 bits per heavy atom. The SMILES string of the molecule is Cc1sc2ncn(/N=C\C(Cl)=C\c3ccccc3)c(=O)c2c1-c1ccccc1. The Bertz CT molecular complexity index is 1240. The molecule has 4 nitrogen and oxygen atoms in total. The molecule has 0 radical (unpaired) electrons. The monoisotopic (exact) mass is 405 g/mol. The molecule has 0 fully saturated rings. The molecule has 28 heavy (non-hydrogen) atoms. The van der Waals surface area contributed by atoms with E-state index in [1.807, 2.05) is 67.6 Å². The van der Waals surface area contributed by atoms with E-state index in [9.17, 15) is 4.79 Å². The molecule has 0 N–H and O–H groups in total. The van der Waals surface area contributed by atoms with Gasteiger partial charge in [-0.05, 0) is 24.1 Å². The average Bonchev–Trinajstić information content (AvgIpc) is 3.05. The van der Waals surface area contributed by atoms with Gasteiger partial charge in [0, 0.05) is 10.4 Å². The Balaban J connectivity index is 1.76. The van der Waals surface area contributed by atoms with Crippen molar-refractivity contribution >= 4 is 45.4 Å². The highest BCUT2D eigenvalue weighted by Crippen LogP contribution is 2.35. The summed E-state index contributed by atoms with van der Waals surface area (Å²) in [5, 5.41) is 5.22. The lowest BCUT2D eigenvalue weighted by molar-refractivity contribution is 0.819. The molecule has 4 aromatic rings. The van der Waals surface area contributed by atoms with E-state index in [0.29, 0.717) is 15.2 Å². The van der Waals surface area contributed by atoms with Crippen LogP contribution in [0, 0.1) is 6.92 Å². The van der Waals surface area contributed by atoms with Crippen molar-refractivity contribution in [2.24, 2.45) is 5.10 Å². The van der Waals surface area contributed by atoms with Gasteiger partial charge in [-0.1, -0.05) is 72.3 Å². The number of benzene rings is 2. The number of aromatic nitrogens is 2. The van der Waals surface area contributed by atoms with Crippen LogP contribution in [-0.4, -0.2) is 15.9 Å². The number of fused-ring (bicyclic) bond motifs is 1. The molecule has 0 aliphatic carbocycles. The quantitative estimate of drug-likeness (QED) is 0.418. The predicted octanol–water partition coefficient (Wildman–Crippen LogP) is 5.55. The van der Waals surface area contributed by atoms with Crippen molar-refractivity contribution < 1.29 is 0 Å². The van der Waals surface area contributed by atoms with E-state index in [1.54, 1.807) is 6.08 Å². The molecule has 2 aromatic heterocycles. The number of thiophene rings is 1. The Labute approximate surface area is 171 Å². The number of rotatable bonds is 4. The average molecular weight is 406 g/mol. The summed E-state index contributed by atoms with van der Waals surface area (Å²) in [7, 11) is 0. The number of hydrogen-bond donors (Lipinski definition) is 0. The molecule has 0 saturated carbocycles. The second-order valence-corrected chi connectivity index (χ2v) is 7.80. The predicted molar refractivity (Wildman–Crippen MR) is 118 cm³/mol. The van der Waals surface area contributed by atoms with Gasteiger partial charge in [-0.25, -0.2) is 4.98 Å². The lowest BCUT2D eigenvalue weighted by atomic mass is 10.0. The third-order valence-corrected chi connectivity index (χ3v) is 5.46. The highest BCUT2D eigenvalue weighted by molar-refractivity contribution is 7.19. The van der Waals surface area contributed by atoms with Gasteiger partial charge < -0.3 is 0 Å². The van der Waals surface area contributed by atoms with Crippen molar-refractivity contribution in [2.75, 3.05) is 0 Å². The van der Waals surface area contributed by atoms with Crippen LogP contribution < -0.4 is 5.56 Å². The van der Waals surface area contributed by atoms with Gasteiger partial charge >= 0.3 is 0 Å². The maximum Gasteiger partial charge on any atom is 0.283 e. The van der Waals surface area contributed by atoms with Crippen LogP contribution in [0.4, 0.5) is 0 Å². The van der Waals surface area contributed by atoms with Gasteiger partial charge in [0.25, 0.3) is 5.56 Å². The third-order valence-electron chi connectivity index (χ3n) is 4.24. The first kappa shape index (κ1) is 18.3. The van der Waals surface area contributed by atoms with Crippen molar-refractivity contribution in [3.8, 4) is 11.1 Å². The minimum absolute atomic E-state index is 0.214. The van der Waals surface area contributed by atoms with Gasteiger partial charge in [0.2, 0.25) is 0 Å². The van der Waals surface area contributed by atoms with E-state index >= 15 is 0 Å². The van der Waals surface area contributed by atoms with E-state index in [0.717, 1.165) is 21.6 Å². The Morgan fingerprint density at radius 1 is 1.11 bits per heavy atom.